The van der Waals surface area contributed by atoms with Crippen molar-refractivity contribution in [1.29, 1.82) is 0 Å². The van der Waals surface area contributed by atoms with Gasteiger partial charge in [0.2, 0.25) is 0 Å². The summed E-state index contributed by atoms with van der Waals surface area (Å²) in [6, 6.07) is 9.29. The van der Waals surface area contributed by atoms with E-state index in [9.17, 15) is 0 Å². The predicted octanol–water partition coefficient (Wildman–Crippen LogP) is 7.76. The van der Waals surface area contributed by atoms with Crippen LogP contribution in [0.5, 0.6) is 0 Å². The van der Waals surface area contributed by atoms with Gasteiger partial charge in [-0.25, -0.2) is 0 Å². The van der Waals surface area contributed by atoms with E-state index >= 15 is 0 Å². The minimum Gasteiger partial charge on any atom is -0.0890 e. The van der Waals surface area contributed by atoms with Crippen molar-refractivity contribution in [2.75, 3.05) is 0 Å². The van der Waals surface area contributed by atoms with Gasteiger partial charge >= 0.3 is 0 Å². The summed E-state index contributed by atoms with van der Waals surface area (Å²) in [5.74, 6) is 0. The van der Waals surface area contributed by atoms with E-state index in [0.717, 1.165) is 0 Å². The Labute approximate surface area is 159 Å². The van der Waals surface area contributed by atoms with Gasteiger partial charge in [-0.3, -0.25) is 0 Å². The van der Waals surface area contributed by atoms with Gasteiger partial charge in [-0.05, 0) is 86.8 Å². The molecule has 0 amide bonds. The van der Waals surface area contributed by atoms with Crippen LogP contribution >= 0.6 is 11.8 Å². The molecule has 25 heavy (non-hydrogen) atoms. The van der Waals surface area contributed by atoms with Gasteiger partial charge in [0.1, 0.15) is 0 Å². The number of aryl methyl sites for hydroxylation is 4. The maximum Gasteiger partial charge on any atom is 0.0183 e. The van der Waals surface area contributed by atoms with Gasteiger partial charge in [0.05, 0.1) is 0 Å². The zero-order chi connectivity index (χ0) is 18.4. The van der Waals surface area contributed by atoms with Crippen molar-refractivity contribution in [2.24, 2.45) is 0 Å². The summed E-state index contributed by atoms with van der Waals surface area (Å²) in [6.07, 6.45) is 7.47. The predicted molar refractivity (Wildman–Crippen MR) is 113 cm³/mol. The fraction of sp³-hybridized carbons (Fsp3) is 0.500. The lowest BCUT2D eigenvalue weighted by Gasteiger charge is -2.18. The Hall–Kier alpha value is -1.21. The molecule has 0 heterocycles. The molecule has 0 aliphatic carbocycles. The van der Waals surface area contributed by atoms with Crippen LogP contribution in [0.2, 0.25) is 0 Å². The number of unbranched alkanes of at least 4 members (excludes halogenated alkanes) is 2. The second-order valence-corrected chi connectivity index (χ2v) is 8.32. The highest BCUT2D eigenvalue weighted by Crippen LogP contribution is 2.39. The molecule has 0 saturated carbocycles. The van der Waals surface area contributed by atoms with Crippen molar-refractivity contribution in [3.05, 3.63) is 57.6 Å². The normalized spacial score (nSPS) is 11.1. The standard InChI is InChI=1S/C24H34S/c1-7-9-11-21-15-13-17(3)23(19(21)5)25-24-18(4)14-16-22(20(24)6)12-10-8-2/h13-16H,7-12H2,1-6H3. The van der Waals surface area contributed by atoms with Gasteiger partial charge in [-0.2, -0.15) is 0 Å². The molecule has 1 heteroatoms. The summed E-state index contributed by atoms with van der Waals surface area (Å²) in [7, 11) is 0. The summed E-state index contributed by atoms with van der Waals surface area (Å²) >= 11 is 1.99. The summed E-state index contributed by atoms with van der Waals surface area (Å²) in [6.45, 7) is 13.7. The van der Waals surface area contributed by atoms with Gasteiger partial charge in [-0.1, -0.05) is 62.7 Å². The van der Waals surface area contributed by atoms with Gasteiger partial charge in [0, 0.05) is 9.79 Å². The van der Waals surface area contributed by atoms with E-state index in [4.69, 9.17) is 0 Å². The summed E-state index contributed by atoms with van der Waals surface area (Å²) in [5.41, 5.74) is 8.81. The topological polar surface area (TPSA) is 0 Å². The Morgan fingerprint density at radius 3 is 1.40 bits per heavy atom. The molecule has 2 aromatic carbocycles. The van der Waals surface area contributed by atoms with E-state index in [-0.39, 0.29) is 0 Å². The van der Waals surface area contributed by atoms with E-state index in [1.165, 1.54) is 81.7 Å². The van der Waals surface area contributed by atoms with E-state index in [1.54, 1.807) is 0 Å². The molecule has 0 saturated heterocycles. The molecular weight excluding hydrogens is 320 g/mol. The molecule has 2 rings (SSSR count). The summed E-state index contributed by atoms with van der Waals surface area (Å²) in [5, 5.41) is 0. The highest BCUT2D eigenvalue weighted by atomic mass is 32.2. The van der Waals surface area contributed by atoms with E-state index in [0.29, 0.717) is 0 Å². The molecule has 0 spiro atoms. The van der Waals surface area contributed by atoms with Crippen LogP contribution in [0.3, 0.4) is 0 Å². The van der Waals surface area contributed by atoms with Crippen LogP contribution in [0, 0.1) is 27.7 Å². The summed E-state index contributed by atoms with van der Waals surface area (Å²) < 4.78 is 0. The maximum absolute atomic E-state index is 2.34. The van der Waals surface area contributed by atoms with Gasteiger partial charge in [0.25, 0.3) is 0 Å². The van der Waals surface area contributed by atoms with Crippen molar-refractivity contribution in [1.82, 2.24) is 0 Å². The first-order valence-electron chi connectivity index (χ1n) is 9.85. The second kappa shape index (κ2) is 9.48. The fourth-order valence-electron chi connectivity index (χ4n) is 3.43. The maximum atomic E-state index is 2.34. The third-order valence-electron chi connectivity index (χ3n) is 5.23. The van der Waals surface area contributed by atoms with Crippen LogP contribution < -0.4 is 0 Å². The second-order valence-electron chi connectivity index (χ2n) is 7.30. The van der Waals surface area contributed by atoms with Gasteiger partial charge in [0.15, 0.2) is 0 Å². The lowest BCUT2D eigenvalue weighted by Crippen LogP contribution is -1.98. The Morgan fingerprint density at radius 2 is 1.04 bits per heavy atom. The quantitative estimate of drug-likeness (QED) is 0.467. The molecule has 0 radical (unpaired) electrons. The van der Waals surface area contributed by atoms with Crippen LogP contribution in [-0.4, -0.2) is 0 Å². The third-order valence-corrected chi connectivity index (χ3v) is 6.90. The fourth-order valence-corrected chi connectivity index (χ4v) is 4.66. The molecule has 0 aromatic heterocycles. The van der Waals surface area contributed by atoms with E-state index in [2.05, 4.69) is 65.8 Å². The largest absolute Gasteiger partial charge is 0.0890 e. The molecule has 0 atom stereocenters. The summed E-state index contributed by atoms with van der Waals surface area (Å²) in [4.78, 5) is 2.93. The zero-order valence-electron chi connectivity index (χ0n) is 17.0. The first-order valence-corrected chi connectivity index (χ1v) is 10.7. The van der Waals surface area contributed by atoms with E-state index in [1.807, 2.05) is 11.8 Å². The molecule has 0 N–H and O–H groups in total. The van der Waals surface area contributed by atoms with Crippen molar-refractivity contribution in [3.63, 3.8) is 0 Å². The SMILES string of the molecule is CCCCc1ccc(C)c(Sc2c(C)ccc(CCCC)c2C)c1C. The molecular formula is C24H34S. The average Bonchev–Trinajstić information content (AvgIpc) is 2.59. The minimum absolute atomic E-state index is 1.20. The van der Waals surface area contributed by atoms with Crippen molar-refractivity contribution in [2.45, 2.75) is 89.9 Å². The monoisotopic (exact) mass is 354 g/mol. The highest BCUT2D eigenvalue weighted by Gasteiger charge is 2.14. The van der Waals surface area contributed by atoms with Crippen LogP contribution in [0.4, 0.5) is 0 Å². The lowest BCUT2D eigenvalue weighted by atomic mass is 10.0. The molecule has 0 nitrogen and oxygen atoms in total. The number of hydrogen-bond acceptors (Lipinski definition) is 1. The first-order chi connectivity index (χ1) is 12.0. The third kappa shape index (κ3) is 4.91. The highest BCUT2D eigenvalue weighted by molar-refractivity contribution is 7.99. The molecule has 0 unspecified atom stereocenters. The Kier molecular flexibility index (Phi) is 7.62. The van der Waals surface area contributed by atoms with Crippen LogP contribution in [0.15, 0.2) is 34.1 Å². The lowest BCUT2D eigenvalue weighted by molar-refractivity contribution is 0.787. The van der Waals surface area contributed by atoms with Crippen molar-refractivity contribution >= 4 is 11.8 Å². The molecule has 136 valence electrons. The number of benzene rings is 2. The van der Waals surface area contributed by atoms with Gasteiger partial charge in [-0.15, -0.1) is 0 Å². The molecule has 0 aliphatic heterocycles. The first kappa shape index (κ1) is 20.1. The minimum atomic E-state index is 1.20. The zero-order valence-corrected chi connectivity index (χ0v) is 17.8. The Bertz CT molecular complexity index is 651. The number of hydrogen-bond donors (Lipinski definition) is 0. The van der Waals surface area contributed by atoms with E-state index < -0.39 is 0 Å². The van der Waals surface area contributed by atoms with Crippen molar-refractivity contribution in [3.8, 4) is 0 Å². The average molecular weight is 355 g/mol. The Morgan fingerprint density at radius 1 is 0.640 bits per heavy atom. The number of rotatable bonds is 8. The smallest absolute Gasteiger partial charge is 0.0183 e. The molecule has 0 fully saturated rings. The Balaban J connectivity index is 2.39. The molecule has 0 bridgehead atoms. The van der Waals surface area contributed by atoms with Gasteiger partial charge < -0.3 is 0 Å². The molecule has 2 aromatic rings. The van der Waals surface area contributed by atoms with Crippen LogP contribution in [0.25, 0.3) is 0 Å². The van der Waals surface area contributed by atoms with Crippen molar-refractivity contribution < 1.29 is 0 Å². The van der Waals surface area contributed by atoms with Crippen LogP contribution in [-0.2, 0) is 12.8 Å². The molecule has 0 aliphatic rings. The van der Waals surface area contributed by atoms with Crippen LogP contribution in [0.1, 0.15) is 72.9 Å².